The minimum Gasteiger partial charge on any atom is -0.497 e. The van der Waals surface area contributed by atoms with Crippen molar-refractivity contribution in [2.24, 2.45) is 11.8 Å². The molecule has 200 valence electrons. The Bertz CT molecular complexity index is 1060. The predicted molar refractivity (Wildman–Crippen MR) is 137 cm³/mol. The maximum atomic E-state index is 14.4. The summed E-state index contributed by atoms with van der Waals surface area (Å²) >= 11 is 0. The molecule has 0 aromatic heterocycles. The van der Waals surface area contributed by atoms with Crippen LogP contribution < -0.4 is 9.64 Å². The molecule has 1 N–H and O–H groups in total. The Kier molecular flexibility index (Phi) is 7.75. The molecule has 9 heteroatoms. The van der Waals surface area contributed by atoms with E-state index in [-0.39, 0.29) is 38.1 Å². The fraction of sp³-hybridized carbons (Fsp3) is 0.536. The quantitative estimate of drug-likeness (QED) is 0.261. The van der Waals surface area contributed by atoms with Gasteiger partial charge < -0.3 is 29.1 Å². The molecule has 2 bridgehead atoms. The molecule has 1 spiro atoms. The van der Waals surface area contributed by atoms with Crippen molar-refractivity contribution in [3.63, 3.8) is 0 Å². The van der Waals surface area contributed by atoms with Crippen LogP contribution in [0.25, 0.3) is 0 Å². The smallest absolute Gasteiger partial charge is 0.313 e. The molecule has 3 fully saturated rings. The van der Waals surface area contributed by atoms with Gasteiger partial charge in [-0.25, -0.2) is 0 Å². The lowest BCUT2D eigenvalue weighted by Crippen LogP contribution is -2.56. The highest BCUT2D eigenvalue weighted by Crippen LogP contribution is 2.63. The van der Waals surface area contributed by atoms with Gasteiger partial charge >= 0.3 is 5.97 Å². The van der Waals surface area contributed by atoms with Gasteiger partial charge in [-0.2, -0.15) is 0 Å². The van der Waals surface area contributed by atoms with Crippen LogP contribution in [0.15, 0.2) is 49.6 Å². The van der Waals surface area contributed by atoms with E-state index in [1.165, 1.54) is 6.08 Å². The number of carbonyl (C=O) groups is 3. The highest BCUT2D eigenvalue weighted by atomic mass is 16.6. The molecule has 9 nitrogen and oxygen atoms in total. The average Bonchev–Trinajstić information content (AvgIpc) is 3.46. The van der Waals surface area contributed by atoms with Gasteiger partial charge in [0.05, 0.1) is 18.6 Å². The molecule has 0 radical (unpaired) electrons. The number of hydrogen-bond donors (Lipinski definition) is 1. The van der Waals surface area contributed by atoms with E-state index in [4.69, 9.17) is 14.2 Å². The minimum absolute atomic E-state index is 0.0191. The second kappa shape index (κ2) is 10.7. The Labute approximate surface area is 217 Å². The number of likely N-dealkylation sites (tertiary alicyclic amines) is 1. The number of carbonyl (C=O) groups excluding carboxylic acids is 3. The zero-order chi connectivity index (χ0) is 26.8. The fourth-order valence-electron chi connectivity index (χ4n) is 6.29. The van der Waals surface area contributed by atoms with Crippen molar-refractivity contribution < 1.29 is 33.7 Å². The summed E-state index contributed by atoms with van der Waals surface area (Å²) in [6, 6.07) is 6.17. The summed E-state index contributed by atoms with van der Waals surface area (Å²) in [6.07, 6.45) is 5.12. The van der Waals surface area contributed by atoms with Crippen LogP contribution in [-0.2, 0) is 23.9 Å². The molecule has 0 saturated carbocycles. The zero-order valence-electron chi connectivity index (χ0n) is 21.6. The number of hydrogen-bond acceptors (Lipinski definition) is 7. The normalized spacial score (nSPS) is 29.6. The van der Waals surface area contributed by atoms with Gasteiger partial charge in [0.15, 0.2) is 0 Å². The molecule has 3 saturated heterocycles. The molecule has 1 aromatic carbocycles. The summed E-state index contributed by atoms with van der Waals surface area (Å²) in [4.78, 5) is 44.6. The third-order valence-corrected chi connectivity index (χ3v) is 7.88. The van der Waals surface area contributed by atoms with E-state index in [1.807, 2.05) is 6.92 Å². The van der Waals surface area contributed by atoms with Gasteiger partial charge in [0, 0.05) is 25.4 Å². The number of methoxy groups -OCH3 is 1. The Balaban J connectivity index is 1.75. The number of fused-ring (bicyclic) bond motifs is 1. The van der Waals surface area contributed by atoms with Crippen molar-refractivity contribution in [3.8, 4) is 5.75 Å². The largest absolute Gasteiger partial charge is 0.497 e. The maximum absolute atomic E-state index is 14.4. The van der Waals surface area contributed by atoms with Crippen LogP contribution in [0, 0.1) is 11.8 Å². The molecule has 2 amide bonds. The number of esters is 1. The monoisotopic (exact) mass is 512 g/mol. The lowest BCUT2D eigenvalue weighted by Gasteiger charge is -2.36. The van der Waals surface area contributed by atoms with E-state index in [2.05, 4.69) is 13.2 Å². The Morgan fingerprint density at radius 3 is 2.57 bits per heavy atom. The van der Waals surface area contributed by atoms with Crippen LogP contribution >= 0.6 is 0 Å². The van der Waals surface area contributed by atoms with Crippen LogP contribution in [-0.4, -0.2) is 78.4 Å². The number of nitrogens with zero attached hydrogens (tertiary/aromatic N) is 2. The first kappa shape index (κ1) is 26.9. The third kappa shape index (κ3) is 4.44. The molecule has 37 heavy (non-hydrogen) atoms. The van der Waals surface area contributed by atoms with E-state index < -0.39 is 35.0 Å². The van der Waals surface area contributed by atoms with Crippen molar-refractivity contribution in [2.75, 3.05) is 38.3 Å². The van der Waals surface area contributed by atoms with Crippen molar-refractivity contribution in [1.29, 1.82) is 0 Å². The summed E-state index contributed by atoms with van der Waals surface area (Å²) in [5.74, 6) is -2.08. The van der Waals surface area contributed by atoms with Crippen LogP contribution in [0.4, 0.5) is 5.69 Å². The summed E-state index contributed by atoms with van der Waals surface area (Å²) in [7, 11) is 1.57. The number of aliphatic hydroxyl groups is 1. The molecular formula is C28H36N2O7. The third-order valence-electron chi connectivity index (χ3n) is 7.88. The summed E-state index contributed by atoms with van der Waals surface area (Å²) in [5, 5.41) is 9.33. The second-order valence-corrected chi connectivity index (χ2v) is 10.0. The highest BCUT2D eigenvalue weighted by molar-refractivity contribution is 6.04. The van der Waals surface area contributed by atoms with Crippen LogP contribution in [0.5, 0.6) is 5.75 Å². The van der Waals surface area contributed by atoms with E-state index in [0.29, 0.717) is 37.1 Å². The lowest BCUT2D eigenvalue weighted by atomic mass is 9.66. The zero-order valence-corrected chi connectivity index (χ0v) is 21.6. The van der Waals surface area contributed by atoms with Crippen LogP contribution in [0.2, 0.25) is 0 Å². The number of unbranched alkanes of at least 4 members (excludes halogenated alkanes) is 1. The minimum atomic E-state index is -1.15. The number of rotatable bonds is 12. The number of anilines is 1. The highest BCUT2D eigenvalue weighted by Gasteiger charge is 2.78. The predicted octanol–water partition coefficient (Wildman–Crippen LogP) is 2.48. The van der Waals surface area contributed by atoms with Gasteiger partial charge in [-0.15, -0.1) is 6.58 Å². The summed E-state index contributed by atoms with van der Waals surface area (Å²) in [5.41, 5.74) is -1.42. The molecule has 4 rings (SSSR count). The number of aliphatic hydroxyl groups excluding tert-OH is 1. The molecule has 0 aliphatic carbocycles. The van der Waals surface area contributed by atoms with Crippen molar-refractivity contribution in [3.05, 3.63) is 49.6 Å². The lowest BCUT2D eigenvalue weighted by molar-refractivity contribution is -0.158. The van der Waals surface area contributed by atoms with Gasteiger partial charge in [0.2, 0.25) is 5.91 Å². The van der Waals surface area contributed by atoms with E-state index in [9.17, 15) is 19.5 Å². The first-order valence-corrected chi connectivity index (χ1v) is 12.7. The Morgan fingerprint density at radius 2 is 1.95 bits per heavy atom. The SMILES string of the molecule is C=CCOC(=O)[C@H]1[C@H]2C(=O)N(CCCCO)C(C(=O)N(CC=C)c3ccc(OC)cc3)C23CC[C@]1(C)O3. The topological polar surface area (TPSA) is 106 Å². The second-order valence-electron chi connectivity index (χ2n) is 10.0. The average molecular weight is 513 g/mol. The summed E-state index contributed by atoms with van der Waals surface area (Å²) in [6.45, 7) is 9.76. The Hall–Kier alpha value is -3.17. The van der Waals surface area contributed by atoms with Gasteiger partial charge in [0.25, 0.3) is 5.91 Å². The molecule has 5 atom stereocenters. The molecule has 3 aliphatic heterocycles. The first-order chi connectivity index (χ1) is 17.8. The molecule has 3 heterocycles. The standard InChI is InChI=1S/C28H36N2O7/c1-5-15-29(19-9-11-20(35-4)12-10-19)25(33)23-28-14-13-27(3,37-28)22(26(34)36-18-6-2)21(28)24(32)30(23)16-7-8-17-31/h5-6,9-12,21-23,31H,1-2,7-8,13-18H2,3-4H3/t21-,22+,23?,27-,28?/m0/s1. The van der Waals surface area contributed by atoms with Gasteiger partial charge in [-0.1, -0.05) is 18.7 Å². The Morgan fingerprint density at radius 1 is 1.22 bits per heavy atom. The number of amides is 2. The number of ether oxygens (including phenoxy) is 3. The van der Waals surface area contributed by atoms with E-state index >= 15 is 0 Å². The fourth-order valence-corrected chi connectivity index (χ4v) is 6.29. The maximum Gasteiger partial charge on any atom is 0.313 e. The molecule has 1 aromatic rings. The van der Waals surface area contributed by atoms with E-state index in [1.54, 1.807) is 47.3 Å². The molecule has 3 aliphatic rings. The van der Waals surface area contributed by atoms with Crippen LogP contribution in [0.3, 0.4) is 0 Å². The molecule has 2 unspecified atom stereocenters. The van der Waals surface area contributed by atoms with Gasteiger partial charge in [-0.05, 0) is 56.9 Å². The first-order valence-electron chi connectivity index (χ1n) is 12.7. The number of benzene rings is 1. The van der Waals surface area contributed by atoms with Gasteiger partial charge in [0.1, 0.15) is 29.9 Å². The summed E-state index contributed by atoms with van der Waals surface area (Å²) < 4.78 is 17.2. The van der Waals surface area contributed by atoms with Crippen molar-refractivity contribution in [1.82, 2.24) is 4.90 Å². The van der Waals surface area contributed by atoms with E-state index in [0.717, 1.165) is 0 Å². The van der Waals surface area contributed by atoms with Crippen molar-refractivity contribution >= 4 is 23.5 Å². The molecular weight excluding hydrogens is 476 g/mol. The van der Waals surface area contributed by atoms with Crippen LogP contribution in [0.1, 0.15) is 32.6 Å². The van der Waals surface area contributed by atoms with Crippen molar-refractivity contribution in [2.45, 2.75) is 49.9 Å². The van der Waals surface area contributed by atoms with Gasteiger partial charge in [-0.3, -0.25) is 14.4 Å².